The second-order valence-electron chi connectivity index (χ2n) is 6.16. The molecule has 17 heavy (non-hydrogen) atoms. The van der Waals surface area contributed by atoms with Gasteiger partial charge in [-0.2, -0.15) is 0 Å². The Morgan fingerprint density at radius 1 is 1.18 bits per heavy atom. The monoisotopic (exact) mass is 263 g/mol. The van der Waals surface area contributed by atoms with Crippen LogP contribution in [-0.2, 0) is 4.52 Å². The van der Waals surface area contributed by atoms with Crippen LogP contribution in [0.2, 0.25) is 0 Å². The Morgan fingerprint density at radius 2 is 1.65 bits per heavy atom. The van der Waals surface area contributed by atoms with Crippen molar-refractivity contribution < 1.29 is 14.3 Å². The van der Waals surface area contributed by atoms with Crippen molar-refractivity contribution in [2.75, 3.05) is 6.54 Å². The maximum atomic E-state index is 9.00. The van der Waals surface area contributed by atoms with Crippen LogP contribution in [0.4, 0.5) is 0 Å². The van der Waals surface area contributed by atoms with E-state index in [1.54, 1.807) is 0 Å². The second-order valence-corrected chi connectivity index (χ2v) is 6.88. The van der Waals surface area contributed by atoms with Crippen molar-refractivity contribution in [3.8, 4) is 0 Å². The maximum Gasteiger partial charge on any atom is 0.327 e. The van der Waals surface area contributed by atoms with Crippen LogP contribution >= 0.6 is 8.60 Å². The molecular weight excluding hydrogens is 237 g/mol. The van der Waals surface area contributed by atoms with Crippen LogP contribution in [-0.4, -0.2) is 38.4 Å². The molecule has 0 spiro atoms. The van der Waals surface area contributed by atoms with Gasteiger partial charge >= 0.3 is 8.60 Å². The molecule has 0 saturated carbocycles. The van der Waals surface area contributed by atoms with Gasteiger partial charge in [-0.15, -0.1) is 0 Å². The van der Waals surface area contributed by atoms with E-state index < -0.39 is 8.60 Å². The number of rotatable bonds is 4. The van der Waals surface area contributed by atoms with Crippen molar-refractivity contribution in [2.45, 2.75) is 71.1 Å². The van der Waals surface area contributed by atoms with Crippen LogP contribution in [0.3, 0.4) is 0 Å². The van der Waals surface area contributed by atoms with Crippen molar-refractivity contribution in [3.05, 3.63) is 0 Å². The van der Waals surface area contributed by atoms with Gasteiger partial charge in [-0.3, -0.25) is 4.90 Å². The second kappa shape index (κ2) is 5.50. The van der Waals surface area contributed by atoms with Gasteiger partial charge in [-0.1, -0.05) is 6.92 Å². The summed E-state index contributed by atoms with van der Waals surface area (Å²) >= 11 is 0. The zero-order chi connectivity index (χ0) is 13.3. The summed E-state index contributed by atoms with van der Waals surface area (Å²) in [5.74, 6) is 0. The molecule has 0 aromatic carbocycles. The molecule has 2 N–H and O–H groups in total. The molecule has 1 saturated heterocycles. The normalized spacial score (nSPS) is 25.4. The number of piperidine rings is 1. The van der Waals surface area contributed by atoms with Gasteiger partial charge in [0.1, 0.15) is 0 Å². The van der Waals surface area contributed by atoms with Gasteiger partial charge in [0.2, 0.25) is 0 Å². The average molecular weight is 263 g/mol. The summed E-state index contributed by atoms with van der Waals surface area (Å²) in [6.45, 7) is 12.1. The first-order valence-corrected chi connectivity index (χ1v) is 7.48. The van der Waals surface area contributed by atoms with Crippen molar-refractivity contribution in [1.29, 1.82) is 0 Å². The first-order valence-electron chi connectivity index (χ1n) is 6.31. The SMILES string of the molecule is CCCN1C(C)(C)CC(OP(O)O)CC1(C)C. The summed E-state index contributed by atoms with van der Waals surface area (Å²) in [7, 11) is -2.25. The van der Waals surface area contributed by atoms with Crippen molar-refractivity contribution in [3.63, 3.8) is 0 Å². The molecule has 1 heterocycles. The summed E-state index contributed by atoms with van der Waals surface area (Å²) in [5, 5.41) is 0. The number of hydrogen-bond donors (Lipinski definition) is 2. The molecular formula is C12H26NO3P. The molecule has 4 nitrogen and oxygen atoms in total. The molecule has 1 rings (SSSR count). The molecule has 5 heteroatoms. The summed E-state index contributed by atoms with van der Waals surface area (Å²) in [6, 6.07) is 0. The van der Waals surface area contributed by atoms with E-state index in [9.17, 15) is 0 Å². The molecule has 1 fully saturated rings. The first kappa shape index (κ1) is 15.3. The molecule has 0 aromatic heterocycles. The molecule has 102 valence electrons. The van der Waals surface area contributed by atoms with Crippen LogP contribution in [0, 0.1) is 0 Å². The van der Waals surface area contributed by atoms with Crippen molar-refractivity contribution >= 4 is 8.60 Å². The van der Waals surface area contributed by atoms with Crippen LogP contribution in [0.25, 0.3) is 0 Å². The molecule has 0 atom stereocenters. The summed E-state index contributed by atoms with van der Waals surface area (Å²) in [6.07, 6.45) is 2.76. The topological polar surface area (TPSA) is 52.9 Å². The Balaban J connectivity index is 2.80. The van der Waals surface area contributed by atoms with Gasteiger partial charge in [0, 0.05) is 11.1 Å². The number of hydrogen-bond acceptors (Lipinski definition) is 4. The third kappa shape index (κ3) is 3.87. The van der Waals surface area contributed by atoms with Gasteiger partial charge in [0.15, 0.2) is 0 Å². The minimum Gasteiger partial charge on any atom is -0.328 e. The molecule has 0 aliphatic carbocycles. The van der Waals surface area contributed by atoms with Gasteiger partial charge in [0.05, 0.1) is 6.10 Å². The summed E-state index contributed by atoms with van der Waals surface area (Å²) in [4.78, 5) is 20.5. The van der Waals surface area contributed by atoms with Crippen LogP contribution in [0.15, 0.2) is 0 Å². The van der Waals surface area contributed by atoms with E-state index in [1.807, 2.05) is 0 Å². The Morgan fingerprint density at radius 3 is 2.00 bits per heavy atom. The fourth-order valence-corrected chi connectivity index (χ4v) is 3.68. The predicted molar refractivity (Wildman–Crippen MR) is 70.6 cm³/mol. The van der Waals surface area contributed by atoms with Gasteiger partial charge in [-0.25, -0.2) is 0 Å². The minimum atomic E-state index is -2.25. The Labute approximate surface area is 106 Å². The standard InChI is InChI=1S/C12H26NO3P/c1-6-7-13-11(2,3)8-10(16-17(14)15)9-12(13,4)5/h10,14-15H,6-9H2,1-5H3. The Kier molecular flexibility index (Phi) is 4.96. The van der Waals surface area contributed by atoms with Crippen molar-refractivity contribution in [2.24, 2.45) is 0 Å². The highest BCUT2D eigenvalue weighted by atomic mass is 31.2. The van der Waals surface area contributed by atoms with Gasteiger partial charge in [0.25, 0.3) is 0 Å². The molecule has 0 radical (unpaired) electrons. The molecule has 1 aliphatic heterocycles. The van der Waals surface area contributed by atoms with E-state index >= 15 is 0 Å². The van der Waals surface area contributed by atoms with Gasteiger partial charge in [-0.05, 0) is 53.5 Å². The fourth-order valence-electron chi connectivity index (χ4n) is 3.26. The largest absolute Gasteiger partial charge is 0.328 e. The van der Waals surface area contributed by atoms with Crippen molar-refractivity contribution in [1.82, 2.24) is 4.90 Å². The average Bonchev–Trinajstić information content (AvgIpc) is 2.08. The minimum absolute atomic E-state index is 0.0355. The molecule has 0 aromatic rings. The lowest BCUT2D eigenvalue weighted by molar-refractivity contribution is -0.0746. The predicted octanol–water partition coefficient (Wildman–Crippen LogP) is 2.65. The highest BCUT2D eigenvalue weighted by Crippen LogP contribution is 2.43. The lowest BCUT2D eigenvalue weighted by atomic mass is 9.78. The van der Waals surface area contributed by atoms with Crippen LogP contribution < -0.4 is 0 Å². The van der Waals surface area contributed by atoms with E-state index in [-0.39, 0.29) is 17.2 Å². The molecule has 1 aliphatic rings. The van der Waals surface area contributed by atoms with Crippen LogP contribution in [0.1, 0.15) is 53.9 Å². The van der Waals surface area contributed by atoms with E-state index in [0.717, 1.165) is 25.8 Å². The lowest BCUT2D eigenvalue weighted by Gasteiger charge is -2.55. The number of nitrogens with zero attached hydrogens (tertiary/aromatic N) is 1. The zero-order valence-electron chi connectivity index (χ0n) is 11.6. The van der Waals surface area contributed by atoms with E-state index in [2.05, 4.69) is 39.5 Å². The third-order valence-corrected chi connectivity index (χ3v) is 4.09. The van der Waals surface area contributed by atoms with E-state index in [1.165, 1.54) is 0 Å². The lowest BCUT2D eigenvalue weighted by Crippen LogP contribution is -2.62. The first-order chi connectivity index (χ1) is 7.69. The molecule has 0 unspecified atom stereocenters. The highest BCUT2D eigenvalue weighted by molar-refractivity contribution is 7.39. The Hall–Kier alpha value is 0.270. The summed E-state index contributed by atoms with van der Waals surface area (Å²) < 4.78 is 5.24. The maximum absolute atomic E-state index is 9.00. The molecule has 0 bridgehead atoms. The van der Waals surface area contributed by atoms with Gasteiger partial charge < -0.3 is 14.3 Å². The zero-order valence-corrected chi connectivity index (χ0v) is 12.5. The Bertz CT molecular complexity index is 238. The fraction of sp³-hybridized carbons (Fsp3) is 1.00. The quantitative estimate of drug-likeness (QED) is 0.766. The van der Waals surface area contributed by atoms with E-state index in [0.29, 0.717) is 0 Å². The third-order valence-electron chi connectivity index (χ3n) is 3.61. The smallest absolute Gasteiger partial charge is 0.327 e. The van der Waals surface area contributed by atoms with Crippen LogP contribution in [0.5, 0.6) is 0 Å². The van der Waals surface area contributed by atoms with E-state index in [4.69, 9.17) is 14.3 Å². The number of likely N-dealkylation sites (tertiary alicyclic amines) is 1. The highest BCUT2D eigenvalue weighted by Gasteiger charge is 2.45. The molecule has 0 amide bonds. The summed E-state index contributed by atoms with van der Waals surface area (Å²) in [5.41, 5.74) is 0.0710.